The summed E-state index contributed by atoms with van der Waals surface area (Å²) < 4.78 is 5.53. The van der Waals surface area contributed by atoms with Crippen LogP contribution in [0.3, 0.4) is 0 Å². The molecule has 1 heterocycles. The van der Waals surface area contributed by atoms with Gasteiger partial charge >= 0.3 is 0 Å². The maximum absolute atomic E-state index is 12.2. The molecule has 2 rings (SSSR count). The molecular formula is C20H29ClO7. The molecule has 0 amide bonds. The van der Waals surface area contributed by atoms with Crippen molar-refractivity contribution >= 4 is 17.4 Å². The van der Waals surface area contributed by atoms with Crippen LogP contribution in [0.15, 0.2) is 34.6 Å². The van der Waals surface area contributed by atoms with Gasteiger partial charge in [0, 0.05) is 5.92 Å². The molecule has 0 saturated carbocycles. The number of carbonyl (C=O) groups excluding carboxylic acids is 1. The summed E-state index contributed by atoms with van der Waals surface area (Å²) in [5.74, 6) is -1.39. The molecule has 0 bridgehead atoms. The molecule has 28 heavy (non-hydrogen) atoms. The van der Waals surface area contributed by atoms with Crippen LogP contribution in [0.25, 0.3) is 0 Å². The molecule has 7 atom stereocenters. The van der Waals surface area contributed by atoms with Gasteiger partial charge in [-0.1, -0.05) is 31.9 Å². The lowest BCUT2D eigenvalue weighted by atomic mass is 9.75. The molecule has 0 fully saturated rings. The summed E-state index contributed by atoms with van der Waals surface area (Å²) in [5.41, 5.74) is -3.41. The second-order valence-corrected chi connectivity index (χ2v) is 8.39. The number of halogens is 1. The lowest BCUT2D eigenvalue weighted by Crippen LogP contribution is -2.55. The van der Waals surface area contributed by atoms with Gasteiger partial charge < -0.3 is 30.3 Å². The van der Waals surface area contributed by atoms with Crippen molar-refractivity contribution in [2.75, 3.05) is 6.61 Å². The number of Topliss-reactive ketones (excluding diaryl/α,β-unsaturated/α-hetero) is 1. The average molecular weight is 417 g/mol. The first-order valence-corrected chi connectivity index (χ1v) is 9.69. The second kappa shape index (κ2) is 8.26. The molecule has 158 valence electrons. The van der Waals surface area contributed by atoms with Gasteiger partial charge in [-0.15, -0.1) is 0 Å². The molecule has 0 saturated heterocycles. The van der Waals surface area contributed by atoms with Crippen molar-refractivity contribution in [1.29, 1.82) is 0 Å². The van der Waals surface area contributed by atoms with Crippen molar-refractivity contribution in [3.05, 3.63) is 34.6 Å². The number of aliphatic hydroxyl groups is 5. The van der Waals surface area contributed by atoms with E-state index in [2.05, 4.69) is 0 Å². The summed E-state index contributed by atoms with van der Waals surface area (Å²) in [4.78, 5) is 12.2. The summed E-state index contributed by atoms with van der Waals surface area (Å²) in [6.45, 7) is 6.19. The van der Waals surface area contributed by atoms with E-state index in [1.165, 1.54) is 32.1 Å². The van der Waals surface area contributed by atoms with E-state index in [1.807, 2.05) is 6.92 Å². The van der Waals surface area contributed by atoms with Gasteiger partial charge in [-0.2, -0.15) is 0 Å². The van der Waals surface area contributed by atoms with Crippen LogP contribution in [0, 0.1) is 11.8 Å². The van der Waals surface area contributed by atoms with Crippen molar-refractivity contribution in [2.45, 2.75) is 63.6 Å². The Labute approximate surface area is 169 Å². The van der Waals surface area contributed by atoms with Crippen molar-refractivity contribution in [2.24, 2.45) is 11.8 Å². The number of ether oxygens (including phenoxy) is 1. The predicted molar refractivity (Wildman–Crippen MR) is 103 cm³/mol. The van der Waals surface area contributed by atoms with E-state index in [1.54, 1.807) is 6.92 Å². The van der Waals surface area contributed by atoms with Gasteiger partial charge in [0.25, 0.3) is 0 Å². The average Bonchev–Trinajstić information content (AvgIpc) is 2.67. The van der Waals surface area contributed by atoms with E-state index in [0.717, 1.165) is 0 Å². The van der Waals surface area contributed by atoms with Gasteiger partial charge in [0.15, 0.2) is 5.60 Å². The first-order valence-electron chi connectivity index (χ1n) is 9.31. The Bertz CT molecular complexity index is 707. The molecule has 0 aromatic heterocycles. The fourth-order valence-corrected chi connectivity index (χ4v) is 3.78. The van der Waals surface area contributed by atoms with Gasteiger partial charge in [-0.05, 0) is 43.6 Å². The summed E-state index contributed by atoms with van der Waals surface area (Å²) in [5, 5.41) is 51.3. The van der Waals surface area contributed by atoms with Crippen LogP contribution in [0.5, 0.6) is 0 Å². The minimum atomic E-state index is -1.99. The topological polar surface area (TPSA) is 127 Å². The van der Waals surface area contributed by atoms with Crippen molar-refractivity contribution in [3.8, 4) is 0 Å². The number of fused-ring (bicyclic) bond motifs is 1. The van der Waals surface area contributed by atoms with Gasteiger partial charge in [0.2, 0.25) is 5.78 Å². The van der Waals surface area contributed by atoms with Crippen molar-refractivity contribution in [1.82, 2.24) is 0 Å². The second-order valence-electron chi connectivity index (χ2n) is 8.02. The van der Waals surface area contributed by atoms with E-state index in [4.69, 9.17) is 16.3 Å². The van der Waals surface area contributed by atoms with E-state index >= 15 is 0 Å². The van der Waals surface area contributed by atoms with E-state index < -0.39 is 41.2 Å². The van der Waals surface area contributed by atoms with Crippen LogP contribution in [0.2, 0.25) is 0 Å². The summed E-state index contributed by atoms with van der Waals surface area (Å²) in [6.07, 6.45) is 0.904. The first kappa shape index (κ1) is 23.1. The normalized spacial score (nSPS) is 33.6. The zero-order valence-electron chi connectivity index (χ0n) is 16.5. The fraction of sp³-hybridized carbons (Fsp3) is 0.650. The SMILES string of the molecule is CCC(C)C(O)C(C)(O)C(O)/C=C/C1=CC2=C(Cl)C(=O)[C@](C)(O)[C@H](O)C2CO1. The van der Waals surface area contributed by atoms with Crippen LogP contribution in [0.4, 0.5) is 0 Å². The Morgan fingerprint density at radius 2 is 2.07 bits per heavy atom. The third kappa shape index (κ3) is 4.06. The summed E-state index contributed by atoms with van der Waals surface area (Å²) in [6, 6.07) is 0. The Morgan fingerprint density at radius 3 is 2.64 bits per heavy atom. The highest BCUT2D eigenvalue weighted by Gasteiger charge is 2.50. The third-order valence-corrected chi connectivity index (χ3v) is 6.21. The van der Waals surface area contributed by atoms with Crippen LogP contribution in [0.1, 0.15) is 34.1 Å². The smallest absolute Gasteiger partial charge is 0.208 e. The predicted octanol–water partition coefficient (Wildman–Crippen LogP) is 0.779. The van der Waals surface area contributed by atoms with Gasteiger partial charge in [-0.25, -0.2) is 0 Å². The molecule has 0 aromatic carbocycles. The summed E-state index contributed by atoms with van der Waals surface area (Å²) >= 11 is 6.10. The Balaban J connectivity index is 2.24. The zero-order valence-corrected chi connectivity index (χ0v) is 17.2. The Hall–Kier alpha value is -1.22. The van der Waals surface area contributed by atoms with Crippen LogP contribution >= 0.6 is 11.6 Å². The minimum absolute atomic E-state index is 0.0195. The maximum atomic E-state index is 12.2. The monoisotopic (exact) mass is 416 g/mol. The quantitative estimate of drug-likeness (QED) is 0.433. The van der Waals surface area contributed by atoms with Gasteiger partial charge in [0.1, 0.15) is 23.6 Å². The maximum Gasteiger partial charge on any atom is 0.208 e. The number of rotatable bonds is 6. The van der Waals surface area contributed by atoms with Gasteiger partial charge in [-0.3, -0.25) is 4.79 Å². The molecule has 5 unspecified atom stereocenters. The number of aliphatic hydroxyl groups excluding tert-OH is 3. The molecular weight excluding hydrogens is 388 g/mol. The highest BCUT2D eigenvalue weighted by atomic mass is 35.5. The third-order valence-electron chi connectivity index (χ3n) is 5.82. The van der Waals surface area contributed by atoms with Crippen molar-refractivity contribution in [3.63, 3.8) is 0 Å². The minimum Gasteiger partial charge on any atom is -0.493 e. The van der Waals surface area contributed by atoms with Crippen LogP contribution in [-0.4, -0.2) is 67.4 Å². The largest absolute Gasteiger partial charge is 0.493 e. The van der Waals surface area contributed by atoms with E-state index in [-0.39, 0.29) is 23.3 Å². The number of allylic oxidation sites excluding steroid dienone is 2. The molecule has 0 radical (unpaired) electrons. The first-order chi connectivity index (χ1) is 12.9. The fourth-order valence-electron chi connectivity index (χ4n) is 3.40. The Kier molecular flexibility index (Phi) is 6.80. The molecule has 7 nitrogen and oxygen atoms in total. The summed E-state index contributed by atoms with van der Waals surface area (Å²) in [7, 11) is 0. The number of hydrogen-bond acceptors (Lipinski definition) is 7. The standard InChI is InChI=1S/C20H29ClO7/c1-5-10(2)16(23)19(3,26)14(22)7-6-11-8-12-13(9-28-11)17(24)20(4,27)18(25)15(12)21/h6-8,10,13-14,16-17,22-24,26-27H,5,9H2,1-4H3/b7-6+/t10?,13?,14?,16?,17-,19?,20-/m1/s1. The molecule has 8 heteroatoms. The lowest BCUT2D eigenvalue weighted by molar-refractivity contribution is -0.150. The Morgan fingerprint density at radius 1 is 1.46 bits per heavy atom. The highest BCUT2D eigenvalue weighted by Crippen LogP contribution is 2.40. The van der Waals surface area contributed by atoms with Crippen molar-refractivity contribution < 1.29 is 35.1 Å². The highest BCUT2D eigenvalue weighted by molar-refractivity contribution is 6.44. The molecule has 2 aliphatic rings. The van der Waals surface area contributed by atoms with Crippen LogP contribution < -0.4 is 0 Å². The van der Waals surface area contributed by atoms with Crippen LogP contribution in [-0.2, 0) is 9.53 Å². The van der Waals surface area contributed by atoms with Gasteiger partial charge in [0.05, 0.1) is 17.7 Å². The molecule has 1 aliphatic carbocycles. The lowest BCUT2D eigenvalue weighted by Gasteiger charge is -2.40. The molecule has 0 spiro atoms. The van der Waals surface area contributed by atoms with E-state index in [9.17, 15) is 30.3 Å². The number of carbonyl (C=O) groups is 1. The number of ketones is 1. The number of hydrogen-bond donors (Lipinski definition) is 5. The molecule has 5 N–H and O–H groups in total. The molecule has 0 aromatic rings. The zero-order chi connectivity index (χ0) is 21.4. The molecule has 1 aliphatic heterocycles. The van der Waals surface area contributed by atoms with E-state index in [0.29, 0.717) is 12.0 Å².